The molecule has 3 aliphatic heterocycles. The van der Waals surface area contributed by atoms with Crippen LogP contribution in [0, 0.1) is 5.92 Å². The highest BCUT2D eigenvalue weighted by atomic mass is 35.5. The van der Waals surface area contributed by atoms with Gasteiger partial charge in [0.25, 0.3) is 0 Å². The Morgan fingerprint density at radius 2 is 1.58 bits per heavy atom. The summed E-state index contributed by atoms with van der Waals surface area (Å²) in [7, 11) is 1.60. The van der Waals surface area contributed by atoms with Gasteiger partial charge >= 0.3 is 6.18 Å². The van der Waals surface area contributed by atoms with Crippen molar-refractivity contribution in [3.05, 3.63) is 87.9 Å². The molecule has 6 rings (SSSR count). The number of methoxy groups -OCH3 is 1. The number of halogens is 4. The van der Waals surface area contributed by atoms with Gasteiger partial charge in [0, 0.05) is 22.8 Å². The van der Waals surface area contributed by atoms with Gasteiger partial charge in [-0.2, -0.15) is 13.2 Å². The first kappa shape index (κ1) is 31.7. The van der Waals surface area contributed by atoms with Gasteiger partial charge in [0.15, 0.2) is 11.5 Å². The molecule has 4 atom stereocenters. The van der Waals surface area contributed by atoms with Crippen LogP contribution in [0.1, 0.15) is 80.7 Å². The Hall–Kier alpha value is -3.23. The molecule has 3 aromatic rings. The molecule has 0 radical (unpaired) electrons. The molecule has 0 aliphatic carbocycles. The van der Waals surface area contributed by atoms with Crippen LogP contribution in [0.2, 0.25) is 5.02 Å². The van der Waals surface area contributed by atoms with Gasteiger partial charge in [0.1, 0.15) is 0 Å². The van der Waals surface area contributed by atoms with Crippen molar-refractivity contribution >= 4 is 23.2 Å². The average Bonchev–Trinajstić information content (AvgIpc) is 3.20. The van der Waals surface area contributed by atoms with E-state index in [4.69, 9.17) is 21.1 Å². The van der Waals surface area contributed by atoms with E-state index >= 15 is 0 Å². The highest BCUT2D eigenvalue weighted by Crippen LogP contribution is 2.47. The Kier molecular flexibility index (Phi) is 8.83. The number of hydrogen-bond donors (Lipinski definition) is 0. The van der Waals surface area contributed by atoms with Crippen LogP contribution >= 0.6 is 11.6 Å². The van der Waals surface area contributed by atoms with Crippen molar-refractivity contribution < 1.29 is 27.4 Å². The van der Waals surface area contributed by atoms with Crippen LogP contribution in [-0.2, 0) is 11.2 Å². The van der Waals surface area contributed by atoms with Crippen molar-refractivity contribution in [2.75, 3.05) is 18.6 Å². The number of nitrogens with zero attached hydrogens (tertiary/aromatic N) is 2. The topological polar surface area (TPSA) is 42.0 Å². The summed E-state index contributed by atoms with van der Waals surface area (Å²) in [5, 5.41) is 0.613. The molecule has 45 heavy (non-hydrogen) atoms. The molecule has 2 saturated heterocycles. The van der Waals surface area contributed by atoms with E-state index in [1.165, 1.54) is 0 Å². The third-order valence-electron chi connectivity index (χ3n) is 9.82. The predicted octanol–water partition coefficient (Wildman–Crippen LogP) is 8.72. The van der Waals surface area contributed by atoms with Gasteiger partial charge < -0.3 is 14.4 Å². The molecule has 0 saturated carbocycles. The molecule has 5 nitrogen and oxygen atoms in total. The monoisotopic (exact) mass is 640 g/mol. The van der Waals surface area contributed by atoms with E-state index in [0.717, 1.165) is 53.6 Å². The highest BCUT2D eigenvalue weighted by molar-refractivity contribution is 6.30. The summed E-state index contributed by atoms with van der Waals surface area (Å²) in [6.07, 6.45) is -0.782. The van der Waals surface area contributed by atoms with E-state index in [9.17, 15) is 18.0 Å². The molecule has 3 heterocycles. The molecule has 3 aromatic carbocycles. The van der Waals surface area contributed by atoms with Gasteiger partial charge in [0.05, 0.1) is 32.2 Å². The Morgan fingerprint density at radius 1 is 0.933 bits per heavy atom. The maximum absolute atomic E-state index is 13.9. The average molecular weight is 641 g/mol. The Morgan fingerprint density at radius 3 is 2.16 bits per heavy atom. The van der Waals surface area contributed by atoms with Crippen LogP contribution in [-0.4, -0.2) is 48.8 Å². The fourth-order valence-electron chi connectivity index (χ4n) is 7.73. The van der Waals surface area contributed by atoms with E-state index in [0.29, 0.717) is 22.4 Å². The minimum atomic E-state index is -4.17. The van der Waals surface area contributed by atoms with E-state index in [1.54, 1.807) is 12.0 Å². The lowest BCUT2D eigenvalue weighted by Gasteiger charge is -2.41. The number of piperidine rings is 1. The predicted molar refractivity (Wildman–Crippen MR) is 170 cm³/mol. The number of fused-ring (bicyclic) bond motifs is 3. The van der Waals surface area contributed by atoms with E-state index in [2.05, 4.69) is 19.1 Å². The molecular weight excluding hydrogens is 601 g/mol. The lowest BCUT2D eigenvalue weighted by molar-refractivity contribution is -0.157. The summed E-state index contributed by atoms with van der Waals surface area (Å²) in [6, 6.07) is 19.2. The number of benzene rings is 3. The second-order valence-electron chi connectivity index (χ2n) is 13.0. The van der Waals surface area contributed by atoms with Crippen molar-refractivity contribution in [1.82, 2.24) is 4.90 Å². The quantitative estimate of drug-likeness (QED) is 0.247. The number of ether oxygens (including phenoxy) is 2. The molecule has 0 spiro atoms. The molecule has 3 aliphatic rings. The minimum Gasteiger partial charge on any atom is -0.493 e. The van der Waals surface area contributed by atoms with Crippen LogP contribution in [0.4, 0.5) is 18.9 Å². The zero-order valence-electron chi connectivity index (χ0n) is 26.1. The Labute approximate surface area is 268 Å². The van der Waals surface area contributed by atoms with Gasteiger partial charge in [-0.1, -0.05) is 42.8 Å². The molecule has 0 aromatic heterocycles. The first-order chi connectivity index (χ1) is 21.4. The first-order valence-corrected chi connectivity index (χ1v) is 16.2. The molecule has 1 amide bonds. The number of rotatable bonds is 8. The third-order valence-corrected chi connectivity index (χ3v) is 10.1. The normalized spacial score (nSPS) is 24.1. The summed E-state index contributed by atoms with van der Waals surface area (Å²) < 4.78 is 51.4. The van der Waals surface area contributed by atoms with Crippen molar-refractivity contribution in [3.63, 3.8) is 0 Å². The summed E-state index contributed by atoms with van der Waals surface area (Å²) in [4.78, 5) is 17.4. The maximum Gasteiger partial charge on any atom is 0.401 e. The van der Waals surface area contributed by atoms with Crippen molar-refractivity contribution in [1.29, 1.82) is 0 Å². The molecule has 2 fully saturated rings. The fraction of sp³-hybridized carbons (Fsp3) is 0.472. The number of carbonyl (C=O) groups excluding carboxylic acids is 1. The Bertz CT molecular complexity index is 1510. The standard InChI is InChI=1S/C36H40ClF3N2O3/c1-21(2)45-33-19-31-26(17-32(33)44-4)18-34(43)42(35(31)24-5-9-27(37)10-6-24)28-11-7-23(8-12-28)22(3)25-15-29-13-14-30(16-25)41(29)20-36(38,39)40/h5-12,17,19,21-22,25,29-30,35H,13-16,18,20H2,1-4H3/t22?,25?,29?,30?,35-/m0/s1. The maximum atomic E-state index is 13.9. The second-order valence-corrected chi connectivity index (χ2v) is 13.5. The molecule has 9 heteroatoms. The zero-order valence-corrected chi connectivity index (χ0v) is 26.9. The van der Waals surface area contributed by atoms with Crippen molar-refractivity contribution in [2.45, 2.75) is 89.2 Å². The summed E-state index contributed by atoms with van der Waals surface area (Å²) >= 11 is 6.25. The van der Waals surface area contributed by atoms with Crippen molar-refractivity contribution in [2.24, 2.45) is 5.92 Å². The van der Waals surface area contributed by atoms with Gasteiger partial charge in [-0.15, -0.1) is 0 Å². The van der Waals surface area contributed by atoms with Crippen LogP contribution in [0.15, 0.2) is 60.7 Å². The lowest BCUT2D eigenvalue weighted by atomic mass is 9.78. The molecule has 2 bridgehead atoms. The number of hydrogen-bond acceptors (Lipinski definition) is 4. The van der Waals surface area contributed by atoms with Crippen LogP contribution < -0.4 is 14.4 Å². The third kappa shape index (κ3) is 6.54. The van der Waals surface area contributed by atoms with Crippen LogP contribution in [0.25, 0.3) is 0 Å². The number of alkyl halides is 3. The van der Waals surface area contributed by atoms with Crippen LogP contribution in [0.3, 0.4) is 0 Å². The number of anilines is 1. The molecular formula is C36H40ClF3N2O3. The Balaban J connectivity index is 1.30. The second kappa shape index (κ2) is 12.5. The van der Waals surface area contributed by atoms with Crippen molar-refractivity contribution in [3.8, 4) is 11.5 Å². The van der Waals surface area contributed by atoms with E-state index < -0.39 is 18.8 Å². The van der Waals surface area contributed by atoms with Gasteiger partial charge in [-0.05, 0) is 110 Å². The smallest absolute Gasteiger partial charge is 0.401 e. The largest absolute Gasteiger partial charge is 0.493 e. The highest BCUT2D eigenvalue weighted by Gasteiger charge is 2.46. The summed E-state index contributed by atoms with van der Waals surface area (Å²) in [5.74, 6) is 1.70. The first-order valence-electron chi connectivity index (χ1n) is 15.8. The van der Waals surface area contributed by atoms with Crippen LogP contribution in [0.5, 0.6) is 11.5 Å². The van der Waals surface area contributed by atoms with E-state index in [-0.39, 0.29) is 36.4 Å². The van der Waals surface area contributed by atoms with Gasteiger partial charge in [-0.25, -0.2) is 0 Å². The fourth-order valence-corrected chi connectivity index (χ4v) is 7.86. The number of amides is 1. The summed E-state index contributed by atoms with van der Waals surface area (Å²) in [6.45, 7) is 5.30. The SMILES string of the molecule is COc1cc2c(cc1OC(C)C)[C@H](c1ccc(Cl)cc1)N(c1ccc(C(C)C3CC4CCC(C3)N4CC(F)(F)F)cc1)C(=O)C2. The minimum absolute atomic E-state index is 0.00791. The lowest BCUT2D eigenvalue weighted by Crippen LogP contribution is -2.48. The van der Waals surface area contributed by atoms with Gasteiger partial charge in [0.2, 0.25) is 5.91 Å². The molecule has 0 N–H and O–H groups in total. The van der Waals surface area contributed by atoms with E-state index in [1.807, 2.05) is 67.3 Å². The molecule has 240 valence electrons. The zero-order chi connectivity index (χ0) is 32.0. The van der Waals surface area contributed by atoms with Gasteiger partial charge in [-0.3, -0.25) is 9.69 Å². The number of carbonyl (C=O) groups is 1. The summed E-state index contributed by atoms with van der Waals surface area (Å²) in [5.41, 5.74) is 4.70. The molecule has 3 unspecified atom stereocenters.